The largest absolute Gasteiger partial charge is 4.00 e. The van der Waals surface area contributed by atoms with E-state index < -0.39 is 34.7 Å². The summed E-state index contributed by atoms with van der Waals surface area (Å²) in [5, 5.41) is 0. The van der Waals surface area contributed by atoms with E-state index in [1.807, 2.05) is 0 Å². The predicted molar refractivity (Wildman–Crippen MR) is 39.3 cm³/mol. The zero-order valence-corrected chi connectivity index (χ0v) is 13.4. The third-order valence-corrected chi connectivity index (χ3v) is 0. The molecule has 0 bridgehead atoms. The van der Waals surface area contributed by atoms with Gasteiger partial charge in [0.15, 0.2) is 0 Å². The molecule has 0 aromatic heterocycles. The SMILES string of the molecule is O=PO.O=PO.O=PO.O=PO.[Th+4]. The van der Waals surface area contributed by atoms with Crippen molar-refractivity contribution in [2.24, 2.45) is 0 Å². The van der Waals surface area contributed by atoms with Gasteiger partial charge in [0.25, 0.3) is 0 Å². The molecule has 0 amide bonds. The van der Waals surface area contributed by atoms with Crippen molar-refractivity contribution >= 4 is 34.7 Å². The Hall–Kier alpha value is 1.56. The predicted octanol–water partition coefficient (Wildman–Crippen LogP) is 0.742. The van der Waals surface area contributed by atoms with Crippen LogP contribution in [0.5, 0.6) is 0 Å². The van der Waals surface area contributed by atoms with Gasteiger partial charge in [-0.25, -0.2) is 18.3 Å². The summed E-state index contributed by atoms with van der Waals surface area (Å²) in [6.07, 6.45) is 0. The molecule has 0 aliphatic rings. The van der Waals surface area contributed by atoms with E-state index in [1.54, 1.807) is 0 Å². The first kappa shape index (κ1) is 29.3. The van der Waals surface area contributed by atoms with Gasteiger partial charge in [-0.15, -0.1) is 0 Å². The van der Waals surface area contributed by atoms with Crippen LogP contribution in [-0.4, -0.2) is 19.6 Å². The van der Waals surface area contributed by atoms with Crippen LogP contribution < -0.4 is 0 Å². The van der Waals surface area contributed by atoms with Crippen LogP contribution in [-0.2, 0) is 18.3 Å². The molecular weight excluding hydrogens is 484 g/mol. The number of hydrogen-bond acceptors (Lipinski definition) is 4. The molecule has 72 valence electrons. The second-order valence-electron chi connectivity index (χ2n) is 0.327. The Kier molecular flexibility index (Phi) is 156. The standard InChI is InChI=1S/4HO2P.Th/c4*1-3-2;/h4*(H,1,2);/q;;;;+4. The number of rotatable bonds is 0. The molecule has 0 spiro atoms. The van der Waals surface area contributed by atoms with Crippen molar-refractivity contribution in [2.75, 3.05) is 0 Å². The van der Waals surface area contributed by atoms with Crippen LogP contribution in [0.4, 0.5) is 0 Å². The fraction of sp³-hybridized carbons (Fsp3) is 0. The summed E-state index contributed by atoms with van der Waals surface area (Å²) >= 11 is 0. The molecule has 4 N–H and O–H groups in total. The van der Waals surface area contributed by atoms with Crippen molar-refractivity contribution in [1.29, 1.82) is 0 Å². The van der Waals surface area contributed by atoms with Gasteiger partial charge in [-0.05, 0) is 0 Å². The third kappa shape index (κ3) is 741. The molecule has 0 unspecified atom stereocenters. The molecule has 0 radical (unpaired) electrons. The summed E-state index contributed by atoms with van der Waals surface area (Å²) < 4.78 is 33.8. The van der Waals surface area contributed by atoms with Crippen LogP contribution in [0.1, 0.15) is 0 Å². The molecular formula is H4O8P4Th+4. The van der Waals surface area contributed by atoms with E-state index in [-0.39, 0.29) is 39.9 Å². The first-order valence-electron chi connectivity index (χ1n) is 1.53. The maximum Gasteiger partial charge on any atom is 4.00 e. The maximum atomic E-state index is 8.46. The van der Waals surface area contributed by atoms with Crippen molar-refractivity contribution < 1.29 is 77.8 Å². The van der Waals surface area contributed by atoms with E-state index in [4.69, 9.17) is 37.8 Å². The van der Waals surface area contributed by atoms with Crippen LogP contribution in [0.25, 0.3) is 0 Å². The zero-order chi connectivity index (χ0) is 10.8. The van der Waals surface area contributed by atoms with Crippen LogP contribution >= 0.6 is 34.7 Å². The van der Waals surface area contributed by atoms with E-state index in [0.717, 1.165) is 0 Å². The van der Waals surface area contributed by atoms with Crippen molar-refractivity contribution in [2.45, 2.75) is 0 Å². The van der Waals surface area contributed by atoms with Gasteiger partial charge in [0.1, 0.15) is 0 Å². The van der Waals surface area contributed by atoms with E-state index in [1.165, 1.54) is 0 Å². The summed E-state index contributed by atoms with van der Waals surface area (Å²) in [4.78, 5) is 27.9. The molecule has 13 heavy (non-hydrogen) atoms. The molecule has 0 rings (SSSR count). The molecule has 0 heterocycles. The second-order valence-corrected chi connectivity index (χ2v) is 0.980. The normalized spacial score (nSPS) is 6.46. The minimum atomic E-state index is -0.833. The summed E-state index contributed by atoms with van der Waals surface area (Å²) in [7, 11) is -3.33. The Morgan fingerprint density at radius 3 is 0.538 bits per heavy atom. The van der Waals surface area contributed by atoms with Crippen molar-refractivity contribution in [1.82, 2.24) is 0 Å². The fourth-order valence-electron chi connectivity index (χ4n) is 0. The summed E-state index contributed by atoms with van der Waals surface area (Å²) in [5.41, 5.74) is 0. The number of hydrogen-bond donors (Lipinski definition) is 4. The van der Waals surface area contributed by atoms with E-state index in [2.05, 4.69) is 0 Å². The summed E-state index contributed by atoms with van der Waals surface area (Å²) in [6.45, 7) is 0. The minimum absolute atomic E-state index is 0. The van der Waals surface area contributed by atoms with E-state index in [9.17, 15) is 0 Å². The molecule has 0 saturated heterocycles. The molecule has 0 fully saturated rings. The fourth-order valence-corrected chi connectivity index (χ4v) is 0. The van der Waals surface area contributed by atoms with Gasteiger partial charge in [0.2, 0.25) is 0 Å². The van der Waals surface area contributed by atoms with Gasteiger partial charge < -0.3 is 19.6 Å². The Morgan fingerprint density at radius 2 is 0.538 bits per heavy atom. The van der Waals surface area contributed by atoms with Gasteiger partial charge in [0, 0.05) is 0 Å². The van der Waals surface area contributed by atoms with Crippen LogP contribution in [0.15, 0.2) is 0 Å². The first-order valence-corrected chi connectivity index (χ1v) is 4.59. The van der Waals surface area contributed by atoms with Crippen molar-refractivity contribution in [3.05, 3.63) is 0 Å². The Bertz CT molecular complexity index is 70.1. The molecule has 0 aliphatic heterocycles. The van der Waals surface area contributed by atoms with Gasteiger partial charge in [0.05, 0.1) is 0 Å². The van der Waals surface area contributed by atoms with Crippen molar-refractivity contribution in [3.63, 3.8) is 0 Å². The average molecular weight is 488 g/mol. The van der Waals surface area contributed by atoms with E-state index >= 15 is 0 Å². The third-order valence-electron chi connectivity index (χ3n) is 0. The minimum Gasteiger partial charge on any atom is -0.310 e. The molecule has 0 aromatic carbocycles. The molecule has 0 saturated carbocycles. The Morgan fingerprint density at radius 1 is 0.538 bits per heavy atom. The molecule has 13 heteroatoms. The van der Waals surface area contributed by atoms with Gasteiger partial charge in [-0.2, -0.15) is 0 Å². The molecule has 8 nitrogen and oxygen atoms in total. The molecule has 0 atom stereocenters. The summed E-state index contributed by atoms with van der Waals surface area (Å²) in [5.74, 6) is 0. The summed E-state index contributed by atoms with van der Waals surface area (Å²) in [6, 6.07) is 0. The Labute approximate surface area is 112 Å². The zero-order valence-electron chi connectivity index (χ0n) is 5.71. The first-order chi connectivity index (χ1) is 5.66. The smallest absolute Gasteiger partial charge is 0.310 e. The van der Waals surface area contributed by atoms with Crippen LogP contribution in [0.2, 0.25) is 0 Å². The molecule has 0 aliphatic carbocycles. The topological polar surface area (TPSA) is 149 Å². The van der Waals surface area contributed by atoms with Crippen LogP contribution in [0.3, 0.4) is 0 Å². The van der Waals surface area contributed by atoms with Crippen molar-refractivity contribution in [3.8, 4) is 0 Å². The van der Waals surface area contributed by atoms with Crippen LogP contribution in [0, 0.1) is 39.9 Å². The Balaban J connectivity index is -0.0000000213. The maximum absolute atomic E-state index is 8.46. The second kappa shape index (κ2) is 69.2. The van der Waals surface area contributed by atoms with E-state index in [0.29, 0.717) is 0 Å². The van der Waals surface area contributed by atoms with Gasteiger partial charge in [-0.1, -0.05) is 0 Å². The van der Waals surface area contributed by atoms with Gasteiger partial charge in [-0.3, -0.25) is 0 Å². The van der Waals surface area contributed by atoms with Gasteiger partial charge >= 0.3 is 74.7 Å². The molecule has 0 aromatic rings. The quantitative estimate of drug-likeness (QED) is 0.365. The monoisotopic (exact) mass is 488 g/mol. The average Bonchev–Trinajstić information content (AvgIpc) is 1.92.